The number of aromatic nitrogens is 2. The van der Waals surface area contributed by atoms with E-state index in [-0.39, 0.29) is 12.6 Å². The number of nitrogens with two attached hydrogens (primary N) is 2. The van der Waals surface area contributed by atoms with Gasteiger partial charge in [0.05, 0.1) is 6.04 Å². The minimum Gasteiger partial charge on any atom is -0.406 e. The number of unbranched alkanes of at least 4 members (excludes halogenated alkanes) is 1. The van der Waals surface area contributed by atoms with E-state index in [0.717, 1.165) is 12.8 Å². The van der Waals surface area contributed by atoms with Crippen LogP contribution in [0.4, 0.5) is 6.01 Å². The van der Waals surface area contributed by atoms with E-state index in [1.165, 1.54) is 0 Å². The van der Waals surface area contributed by atoms with E-state index in [0.29, 0.717) is 18.5 Å². The van der Waals surface area contributed by atoms with Crippen LogP contribution in [0.25, 0.3) is 0 Å². The SMILES string of the molecule is CCCCN(CC(N)=O)c1nnc(C(C)N)o1. The van der Waals surface area contributed by atoms with Gasteiger partial charge in [-0.3, -0.25) is 4.79 Å². The summed E-state index contributed by atoms with van der Waals surface area (Å²) in [5, 5.41) is 7.68. The van der Waals surface area contributed by atoms with Gasteiger partial charge in [0, 0.05) is 6.54 Å². The van der Waals surface area contributed by atoms with Gasteiger partial charge in [-0.2, -0.15) is 0 Å². The molecule has 0 saturated carbocycles. The third-order valence-corrected chi connectivity index (χ3v) is 2.22. The average molecular weight is 241 g/mol. The lowest BCUT2D eigenvalue weighted by Gasteiger charge is -2.17. The van der Waals surface area contributed by atoms with E-state index in [4.69, 9.17) is 15.9 Å². The number of rotatable bonds is 7. The van der Waals surface area contributed by atoms with Gasteiger partial charge in [-0.15, -0.1) is 5.10 Å². The largest absolute Gasteiger partial charge is 0.406 e. The van der Waals surface area contributed by atoms with Gasteiger partial charge in [0.1, 0.15) is 6.54 Å². The van der Waals surface area contributed by atoms with Crippen molar-refractivity contribution in [1.29, 1.82) is 0 Å². The molecular weight excluding hydrogens is 222 g/mol. The second-order valence-electron chi connectivity index (χ2n) is 3.95. The minimum atomic E-state index is -0.429. The normalized spacial score (nSPS) is 12.4. The molecule has 0 fully saturated rings. The first-order valence-electron chi connectivity index (χ1n) is 5.66. The summed E-state index contributed by atoms with van der Waals surface area (Å²) in [5.41, 5.74) is 10.8. The van der Waals surface area contributed by atoms with Crippen LogP contribution in [-0.4, -0.2) is 29.2 Å². The maximum Gasteiger partial charge on any atom is 0.318 e. The molecule has 0 radical (unpaired) electrons. The Balaban J connectivity index is 2.76. The Labute approximate surface area is 100 Å². The fourth-order valence-corrected chi connectivity index (χ4v) is 1.32. The van der Waals surface area contributed by atoms with E-state index >= 15 is 0 Å². The summed E-state index contributed by atoms with van der Waals surface area (Å²) in [6.45, 7) is 4.53. The van der Waals surface area contributed by atoms with Crippen molar-refractivity contribution >= 4 is 11.9 Å². The maximum atomic E-state index is 11.0. The fourth-order valence-electron chi connectivity index (χ4n) is 1.32. The van der Waals surface area contributed by atoms with Gasteiger partial charge in [-0.1, -0.05) is 18.4 Å². The Morgan fingerprint density at radius 1 is 1.53 bits per heavy atom. The zero-order valence-electron chi connectivity index (χ0n) is 10.2. The number of anilines is 1. The first-order chi connectivity index (χ1) is 8.04. The molecule has 96 valence electrons. The Morgan fingerprint density at radius 2 is 2.24 bits per heavy atom. The third kappa shape index (κ3) is 4.03. The molecule has 0 aliphatic carbocycles. The summed E-state index contributed by atoms with van der Waals surface area (Å²) < 4.78 is 5.38. The van der Waals surface area contributed by atoms with Crippen LogP contribution in [0.5, 0.6) is 0 Å². The maximum absolute atomic E-state index is 11.0. The monoisotopic (exact) mass is 241 g/mol. The molecule has 1 heterocycles. The van der Waals surface area contributed by atoms with Gasteiger partial charge >= 0.3 is 6.01 Å². The standard InChI is InChI=1S/C10H19N5O2/c1-3-4-5-15(6-8(12)16)10-14-13-9(17-10)7(2)11/h7H,3-6,11H2,1-2H3,(H2,12,16). The number of primary amides is 1. The summed E-state index contributed by atoms with van der Waals surface area (Å²) in [6, 6.07) is -0.0256. The molecule has 0 spiro atoms. The Hall–Kier alpha value is -1.63. The molecule has 0 bridgehead atoms. The second kappa shape index (κ2) is 6.19. The van der Waals surface area contributed by atoms with Crippen LogP contribution >= 0.6 is 0 Å². The van der Waals surface area contributed by atoms with Gasteiger partial charge in [0.15, 0.2) is 0 Å². The van der Waals surface area contributed by atoms with Crippen molar-refractivity contribution < 1.29 is 9.21 Å². The highest BCUT2D eigenvalue weighted by atomic mass is 16.4. The van der Waals surface area contributed by atoms with Gasteiger partial charge in [-0.25, -0.2) is 0 Å². The molecule has 1 aromatic rings. The molecule has 7 heteroatoms. The lowest BCUT2D eigenvalue weighted by atomic mass is 10.3. The number of amides is 1. The molecule has 0 saturated heterocycles. The van der Waals surface area contributed by atoms with Gasteiger partial charge < -0.3 is 20.8 Å². The van der Waals surface area contributed by atoms with Crippen molar-refractivity contribution in [2.45, 2.75) is 32.7 Å². The number of hydrogen-bond donors (Lipinski definition) is 2. The molecule has 7 nitrogen and oxygen atoms in total. The van der Waals surface area contributed by atoms with E-state index in [1.54, 1.807) is 11.8 Å². The zero-order chi connectivity index (χ0) is 12.8. The van der Waals surface area contributed by atoms with Crippen LogP contribution in [0.3, 0.4) is 0 Å². The van der Waals surface area contributed by atoms with Crippen LogP contribution in [0.15, 0.2) is 4.42 Å². The number of nitrogens with zero attached hydrogens (tertiary/aromatic N) is 3. The molecule has 1 unspecified atom stereocenters. The Morgan fingerprint density at radius 3 is 2.71 bits per heavy atom. The third-order valence-electron chi connectivity index (χ3n) is 2.22. The molecule has 1 amide bonds. The molecular formula is C10H19N5O2. The van der Waals surface area contributed by atoms with Gasteiger partial charge in [0.2, 0.25) is 11.8 Å². The molecule has 1 rings (SSSR count). The van der Waals surface area contributed by atoms with Crippen molar-refractivity contribution in [3.8, 4) is 0 Å². The summed E-state index contributed by atoms with van der Waals surface area (Å²) >= 11 is 0. The van der Waals surface area contributed by atoms with E-state index in [2.05, 4.69) is 17.1 Å². The van der Waals surface area contributed by atoms with E-state index in [9.17, 15) is 4.79 Å². The van der Waals surface area contributed by atoms with Gasteiger partial charge in [-0.05, 0) is 13.3 Å². The number of carbonyl (C=O) groups is 1. The summed E-state index contributed by atoms with van der Waals surface area (Å²) in [6.07, 6.45) is 1.92. The molecule has 4 N–H and O–H groups in total. The quantitative estimate of drug-likeness (QED) is 0.704. The summed E-state index contributed by atoms with van der Waals surface area (Å²) in [5.74, 6) is -0.0763. The first kappa shape index (κ1) is 13.4. The second-order valence-corrected chi connectivity index (χ2v) is 3.95. The Bertz CT molecular complexity index is 363. The average Bonchev–Trinajstić information content (AvgIpc) is 2.72. The minimum absolute atomic E-state index is 0.0700. The van der Waals surface area contributed by atoms with E-state index in [1.807, 2.05) is 0 Å². The van der Waals surface area contributed by atoms with Crippen molar-refractivity contribution in [2.75, 3.05) is 18.0 Å². The molecule has 0 aromatic carbocycles. The Kier molecular flexibility index (Phi) is 4.89. The molecule has 17 heavy (non-hydrogen) atoms. The smallest absolute Gasteiger partial charge is 0.318 e. The molecule has 1 aromatic heterocycles. The fraction of sp³-hybridized carbons (Fsp3) is 0.700. The predicted octanol–water partition coefficient (Wildman–Crippen LogP) is 0.181. The van der Waals surface area contributed by atoms with Crippen LogP contribution < -0.4 is 16.4 Å². The van der Waals surface area contributed by atoms with Crippen LogP contribution in [0.2, 0.25) is 0 Å². The van der Waals surface area contributed by atoms with Crippen LogP contribution in [0.1, 0.15) is 38.6 Å². The lowest BCUT2D eigenvalue weighted by molar-refractivity contribution is -0.116. The number of carbonyl (C=O) groups excluding carboxylic acids is 1. The molecule has 0 aliphatic heterocycles. The van der Waals surface area contributed by atoms with Crippen LogP contribution in [-0.2, 0) is 4.79 Å². The van der Waals surface area contributed by atoms with Crippen molar-refractivity contribution in [3.05, 3.63) is 5.89 Å². The molecule has 0 aliphatic rings. The van der Waals surface area contributed by atoms with E-state index < -0.39 is 5.91 Å². The predicted molar refractivity (Wildman–Crippen MR) is 63.2 cm³/mol. The molecule has 1 atom stereocenters. The van der Waals surface area contributed by atoms with Crippen molar-refractivity contribution in [1.82, 2.24) is 10.2 Å². The summed E-state index contributed by atoms with van der Waals surface area (Å²) in [7, 11) is 0. The topological polar surface area (TPSA) is 111 Å². The van der Waals surface area contributed by atoms with Crippen molar-refractivity contribution in [2.24, 2.45) is 11.5 Å². The zero-order valence-corrected chi connectivity index (χ0v) is 10.2. The summed E-state index contributed by atoms with van der Waals surface area (Å²) in [4.78, 5) is 12.6. The first-order valence-corrected chi connectivity index (χ1v) is 5.66. The highest BCUT2D eigenvalue weighted by molar-refractivity contribution is 5.78. The highest BCUT2D eigenvalue weighted by Crippen LogP contribution is 2.16. The highest BCUT2D eigenvalue weighted by Gasteiger charge is 2.17. The lowest BCUT2D eigenvalue weighted by Crippen LogP contribution is -2.34. The van der Waals surface area contributed by atoms with Gasteiger partial charge in [0.25, 0.3) is 0 Å². The van der Waals surface area contributed by atoms with Crippen molar-refractivity contribution in [3.63, 3.8) is 0 Å². The van der Waals surface area contributed by atoms with Crippen LogP contribution in [0, 0.1) is 0 Å². The number of hydrogen-bond acceptors (Lipinski definition) is 6.